The summed E-state index contributed by atoms with van der Waals surface area (Å²) in [5, 5.41) is 5.60. The highest BCUT2D eigenvalue weighted by atomic mass is 79.9. The number of halogens is 1. The summed E-state index contributed by atoms with van der Waals surface area (Å²) in [5.74, 6) is -0.805. The number of piperidine rings is 1. The number of carbonyl (C=O) groups excluding carboxylic acids is 3. The highest BCUT2D eigenvalue weighted by molar-refractivity contribution is 9.10. The van der Waals surface area contributed by atoms with E-state index < -0.39 is 12.1 Å². The van der Waals surface area contributed by atoms with E-state index in [0.29, 0.717) is 38.2 Å². The summed E-state index contributed by atoms with van der Waals surface area (Å²) >= 11 is 3.37. The molecule has 2 aromatic rings. The van der Waals surface area contributed by atoms with E-state index in [-0.39, 0.29) is 17.8 Å². The lowest BCUT2D eigenvalue weighted by Crippen LogP contribution is -2.53. The first-order valence-electron chi connectivity index (χ1n) is 10.8. The number of nitrogens with zero attached hydrogens (tertiary/aromatic N) is 1. The molecule has 0 aromatic heterocycles. The van der Waals surface area contributed by atoms with Crippen LogP contribution >= 0.6 is 15.9 Å². The van der Waals surface area contributed by atoms with Crippen LogP contribution in [0.2, 0.25) is 0 Å². The van der Waals surface area contributed by atoms with Gasteiger partial charge in [-0.25, -0.2) is 4.79 Å². The van der Waals surface area contributed by atoms with Gasteiger partial charge in [0.2, 0.25) is 5.91 Å². The summed E-state index contributed by atoms with van der Waals surface area (Å²) in [6, 6.07) is 15.5. The first-order valence-corrected chi connectivity index (χ1v) is 11.6. The van der Waals surface area contributed by atoms with Crippen molar-refractivity contribution in [1.82, 2.24) is 10.2 Å². The average molecular weight is 502 g/mol. The zero-order valence-electron chi connectivity index (χ0n) is 18.1. The lowest BCUT2D eigenvalue weighted by atomic mass is 9.96. The van der Waals surface area contributed by atoms with Gasteiger partial charge in [-0.15, -0.1) is 0 Å². The first-order chi connectivity index (χ1) is 15.5. The molecular weight excluding hydrogens is 474 g/mol. The number of esters is 1. The van der Waals surface area contributed by atoms with Crippen molar-refractivity contribution in [3.63, 3.8) is 0 Å². The Morgan fingerprint density at radius 2 is 1.84 bits per heavy atom. The third-order valence-corrected chi connectivity index (χ3v) is 5.87. The van der Waals surface area contributed by atoms with Gasteiger partial charge in [0.25, 0.3) is 0 Å². The van der Waals surface area contributed by atoms with E-state index >= 15 is 0 Å². The third-order valence-electron chi connectivity index (χ3n) is 5.34. The van der Waals surface area contributed by atoms with Crippen LogP contribution in [0, 0.1) is 5.92 Å². The molecule has 1 heterocycles. The maximum Gasteiger partial charge on any atom is 0.319 e. The molecule has 1 unspecified atom stereocenters. The number of hydrogen-bond acceptors (Lipinski definition) is 4. The van der Waals surface area contributed by atoms with Crippen LogP contribution < -0.4 is 10.6 Å². The Balaban J connectivity index is 1.71. The van der Waals surface area contributed by atoms with E-state index in [1.165, 1.54) is 0 Å². The number of nitrogens with one attached hydrogen (secondary N) is 2. The quantitative estimate of drug-likeness (QED) is 0.561. The van der Waals surface area contributed by atoms with Crippen LogP contribution in [0.5, 0.6) is 0 Å². The molecule has 1 aliphatic rings. The average Bonchev–Trinajstić information content (AvgIpc) is 2.80. The Labute approximate surface area is 196 Å². The van der Waals surface area contributed by atoms with Gasteiger partial charge in [-0.1, -0.05) is 46.3 Å². The number of ether oxygens (including phenoxy) is 1. The van der Waals surface area contributed by atoms with E-state index in [0.717, 1.165) is 16.5 Å². The molecule has 0 saturated carbocycles. The number of rotatable bonds is 7. The predicted octanol–water partition coefficient (Wildman–Crippen LogP) is 3.98. The molecule has 32 heavy (non-hydrogen) atoms. The van der Waals surface area contributed by atoms with E-state index in [1.54, 1.807) is 24.0 Å². The van der Waals surface area contributed by atoms with Crippen LogP contribution in [0.25, 0.3) is 0 Å². The number of benzene rings is 2. The molecule has 7 nitrogen and oxygen atoms in total. The maximum atomic E-state index is 13.4. The van der Waals surface area contributed by atoms with Crippen molar-refractivity contribution < 1.29 is 19.1 Å². The number of carbonyl (C=O) groups is 3. The highest BCUT2D eigenvalue weighted by Gasteiger charge is 2.33. The van der Waals surface area contributed by atoms with Crippen molar-refractivity contribution in [2.45, 2.75) is 32.2 Å². The summed E-state index contributed by atoms with van der Waals surface area (Å²) in [6.45, 7) is 2.94. The topological polar surface area (TPSA) is 87.7 Å². The molecule has 1 aliphatic heterocycles. The van der Waals surface area contributed by atoms with Crippen molar-refractivity contribution in [2.24, 2.45) is 5.92 Å². The number of anilines is 1. The molecule has 0 radical (unpaired) electrons. The molecular formula is C24H28BrN3O4. The van der Waals surface area contributed by atoms with Gasteiger partial charge in [-0.05, 0) is 49.6 Å². The minimum absolute atomic E-state index is 0.200. The second-order valence-electron chi connectivity index (χ2n) is 7.72. The Kier molecular flexibility index (Phi) is 8.67. The van der Waals surface area contributed by atoms with Gasteiger partial charge in [0, 0.05) is 29.7 Å². The fourth-order valence-electron chi connectivity index (χ4n) is 3.76. The second kappa shape index (κ2) is 11.7. The van der Waals surface area contributed by atoms with Gasteiger partial charge < -0.3 is 20.3 Å². The van der Waals surface area contributed by atoms with Crippen LogP contribution in [0.3, 0.4) is 0 Å². The Bertz CT molecular complexity index is 921. The Hall–Kier alpha value is -2.87. The number of hydrogen-bond donors (Lipinski definition) is 2. The van der Waals surface area contributed by atoms with Crippen molar-refractivity contribution in [3.05, 3.63) is 64.6 Å². The highest BCUT2D eigenvalue weighted by Crippen LogP contribution is 2.20. The minimum Gasteiger partial charge on any atom is -0.466 e. The smallest absolute Gasteiger partial charge is 0.319 e. The summed E-state index contributed by atoms with van der Waals surface area (Å²) < 4.78 is 6.05. The van der Waals surface area contributed by atoms with Gasteiger partial charge in [0.15, 0.2) is 0 Å². The molecule has 3 amide bonds. The number of likely N-dealkylation sites (tertiary alicyclic amines) is 1. The van der Waals surface area contributed by atoms with Gasteiger partial charge in [-0.3, -0.25) is 9.59 Å². The van der Waals surface area contributed by atoms with E-state index in [9.17, 15) is 14.4 Å². The Morgan fingerprint density at radius 3 is 2.53 bits per heavy atom. The zero-order chi connectivity index (χ0) is 22.9. The normalized spacial score (nSPS) is 16.7. The van der Waals surface area contributed by atoms with Crippen molar-refractivity contribution >= 4 is 39.5 Å². The SMILES string of the molecule is CCOC(=O)C1CCCN(C(=O)[C@H](Cc2ccccc2)NC(=O)Nc2ccc(Br)cc2)C1. The van der Waals surface area contributed by atoms with Crippen LogP contribution in [0.4, 0.5) is 10.5 Å². The van der Waals surface area contributed by atoms with Crippen molar-refractivity contribution in [3.8, 4) is 0 Å². The zero-order valence-corrected chi connectivity index (χ0v) is 19.6. The summed E-state index contributed by atoms with van der Waals surface area (Å²) in [7, 11) is 0. The van der Waals surface area contributed by atoms with Crippen LogP contribution in [0.15, 0.2) is 59.1 Å². The molecule has 3 rings (SSSR count). The summed E-state index contributed by atoms with van der Waals surface area (Å²) in [6.07, 6.45) is 1.77. The van der Waals surface area contributed by atoms with Gasteiger partial charge >= 0.3 is 12.0 Å². The number of amides is 3. The fraction of sp³-hybridized carbons (Fsp3) is 0.375. The van der Waals surface area contributed by atoms with E-state index in [4.69, 9.17) is 4.74 Å². The number of urea groups is 1. The van der Waals surface area contributed by atoms with Gasteiger partial charge in [0.1, 0.15) is 6.04 Å². The monoisotopic (exact) mass is 501 g/mol. The minimum atomic E-state index is -0.756. The molecule has 1 saturated heterocycles. The van der Waals surface area contributed by atoms with Crippen molar-refractivity contribution in [2.75, 3.05) is 25.0 Å². The predicted molar refractivity (Wildman–Crippen MR) is 126 cm³/mol. The largest absolute Gasteiger partial charge is 0.466 e. The van der Waals surface area contributed by atoms with Crippen molar-refractivity contribution in [1.29, 1.82) is 0 Å². The van der Waals surface area contributed by atoms with Crippen LogP contribution in [-0.4, -0.2) is 48.5 Å². The lowest BCUT2D eigenvalue weighted by Gasteiger charge is -2.34. The maximum absolute atomic E-state index is 13.4. The molecule has 170 valence electrons. The molecule has 8 heteroatoms. The van der Waals surface area contributed by atoms with E-state index in [2.05, 4.69) is 26.6 Å². The van der Waals surface area contributed by atoms with Gasteiger partial charge in [-0.2, -0.15) is 0 Å². The Morgan fingerprint density at radius 1 is 1.12 bits per heavy atom. The molecule has 0 spiro atoms. The van der Waals surface area contributed by atoms with Crippen LogP contribution in [0.1, 0.15) is 25.3 Å². The standard InChI is InChI=1S/C24H28BrN3O4/c1-2-32-23(30)18-9-6-14-28(16-18)22(29)21(15-17-7-4-3-5-8-17)27-24(31)26-20-12-10-19(25)11-13-20/h3-5,7-8,10-13,18,21H,2,6,9,14-16H2,1H3,(H2,26,27,31)/t18?,21-/m0/s1. The fourth-order valence-corrected chi connectivity index (χ4v) is 4.02. The molecule has 2 N–H and O–H groups in total. The molecule has 2 atom stereocenters. The lowest BCUT2D eigenvalue weighted by molar-refractivity contribution is -0.151. The summed E-state index contributed by atoms with van der Waals surface area (Å²) in [5.41, 5.74) is 1.56. The molecule has 0 aliphatic carbocycles. The summed E-state index contributed by atoms with van der Waals surface area (Å²) in [4.78, 5) is 39.9. The third kappa shape index (κ3) is 6.82. The van der Waals surface area contributed by atoms with E-state index in [1.807, 2.05) is 42.5 Å². The molecule has 0 bridgehead atoms. The van der Waals surface area contributed by atoms with Gasteiger partial charge in [0.05, 0.1) is 12.5 Å². The first kappa shape index (κ1) is 23.8. The van der Waals surface area contributed by atoms with Crippen LogP contribution in [-0.2, 0) is 20.7 Å². The molecule has 1 fully saturated rings. The molecule has 2 aromatic carbocycles. The second-order valence-corrected chi connectivity index (χ2v) is 8.64.